The first-order valence-corrected chi connectivity index (χ1v) is 11.8. The zero-order chi connectivity index (χ0) is 18.4. The number of fused-ring (bicyclic) bond motifs is 9. The molecule has 1 N–H and O–H groups in total. The molecule has 2 bridgehead atoms. The number of esters is 2. The predicted octanol–water partition coefficient (Wildman–Crippen LogP) is 4.76. The number of thiazole rings is 1. The summed E-state index contributed by atoms with van der Waals surface area (Å²) in [5, 5.41) is 1.45. The first kappa shape index (κ1) is 16.9. The molecule has 4 aliphatic rings. The standard InChI is InChI=1S/C19H14BrNO3S3/c20-7-3-1-2-6(4-7)10-11-8-5-9(13-12(8)17(22)24-18(13)23)14(11)26-16-15(10)27-19(25)21-16/h1-4,8-14H,5H2,(H,21,25). The topological polar surface area (TPSA) is 59.2 Å². The molecule has 2 aromatic rings. The smallest absolute Gasteiger partial charge is 0.317 e. The van der Waals surface area contributed by atoms with Crippen molar-refractivity contribution < 1.29 is 14.3 Å². The highest BCUT2D eigenvalue weighted by Crippen LogP contribution is 2.68. The van der Waals surface area contributed by atoms with Crippen LogP contribution in [-0.4, -0.2) is 22.2 Å². The Hall–Kier alpha value is -0.960. The number of cyclic esters (lactones) is 2. The van der Waals surface area contributed by atoms with Gasteiger partial charge in [-0.1, -0.05) is 28.1 Å². The summed E-state index contributed by atoms with van der Waals surface area (Å²) in [4.78, 5) is 29.3. The van der Waals surface area contributed by atoms with Gasteiger partial charge in [0.15, 0.2) is 3.95 Å². The Kier molecular flexibility index (Phi) is 3.63. The number of benzene rings is 1. The van der Waals surface area contributed by atoms with Gasteiger partial charge < -0.3 is 9.72 Å². The van der Waals surface area contributed by atoms with Crippen molar-refractivity contribution in [3.8, 4) is 0 Å². The highest BCUT2D eigenvalue weighted by molar-refractivity contribution is 9.10. The number of rotatable bonds is 1. The van der Waals surface area contributed by atoms with Gasteiger partial charge >= 0.3 is 11.9 Å². The monoisotopic (exact) mass is 479 g/mol. The summed E-state index contributed by atoms with van der Waals surface area (Å²) in [7, 11) is 0. The number of carbonyl (C=O) groups excluding carboxylic acids is 2. The zero-order valence-corrected chi connectivity index (χ0v) is 17.9. The minimum Gasteiger partial charge on any atom is -0.393 e. The van der Waals surface area contributed by atoms with Gasteiger partial charge in [-0.15, -0.1) is 23.1 Å². The van der Waals surface area contributed by atoms with Crippen LogP contribution in [0.4, 0.5) is 0 Å². The Balaban J connectivity index is 1.53. The van der Waals surface area contributed by atoms with Crippen LogP contribution in [0, 0.1) is 33.5 Å². The molecule has 138 valence electrons. The Bertz CT molecular complexity index is 1060. The molecule has 3 heterocycles. The number of nitrogens with one attached hydrogen (secondary N) is 1. The first-order valence-electron chi connectivity index (χ1n) is 8.93. The van der Waals surface area contributed by atoms with E-state index in [0.717, 1.165) is 19.9 Å². The zero-order valence-electron chi connectivity index (χ0n) is 13.9. The van der Waals surface area contributed by atoms with Crippen molar-refractivity contribution >= 4 is 63.2 Å². The highest BCUT2D eigenvalue weighted by Gasteiger charge is 2.69. The van der Waals surface area contributed by atoms with Gasteiger partial charge in [0, 0.05) is 20.5 Å². The van der Waals surface area contributed by atoms with Crippen LogP contribution in [0.5, 0.6) is 0 Å². The molecular weight excluding hydrogens is 466 g/mol. The van der Waals surface area contributed by atoms with Gasteiger partial charge in [0.05, 0.1) is 16.9 Å². The summed E-state index contributed by atoms with van der Waals surface area (Å²) in [5.74, 6) is -0.192. The van der Waals surface area contributed by atoms with E-state index >= 15 is 0 Å². The first-order chi connectivity index (χ1) is 13.0. The molecule has 27 heavy (non-hydrogen) atoms. The van der Waals surface area contributed by atoms with Gasteiger partial charge in [-0.3, -0.25) is 9.59 Å². The minimum absolute atomic E-state index is 0.196. The Morgan fingerprint density at radius 1 is 1.19 bits per heavy atom. The molecule has 0 radical (unpaired) electrons. The molecule has 8 heteroatoms. The number of carbonyl (C=O) groups is 2. The molecule has 4 nitrogen and oxygen atoms in total. The van der Waals surface area contributed by atoms with Gasteiger partial charge in [0.25, 0.3) is 0 Å². The van der Waals surface area contributed by atoms with E-state index in [1.807, 2.05) is 17.8 Å². The van der Waals surface area contributed by atoms with E-state index in [1.165, 1.54) is 10.4 Å². The summed E-state index contributed by atoms with van der Waals surface area (Å²) in [6.07, 6.45) is 0.943. The highest BCUT2D eigenvalue weighted by atomic mass is 79.9. The largest absolute Gasteiger partial charge is 0.393 e. The van der Waals surface area contributed by atoms with Crippen LogP contribution in [-0.2, 0) is 14.3 Å². The molecule has 1 saturated heterocycles. The molecule has 3 fully saturated rings. The predicted molar refractivity (Wildman–Crippen MR) is 108 cm³/mol. The average Bonchev–Trinajstić information content (AvgIpc) is 3.34. The van der Waals surface area contributed by atoms with Gasteiger partial charge in [-0.2, -0.15) is 0 Å². The van der Waals surface area contributed by atoms with Crippen molar-refractivity contribution in [2.24, 2.45) is 29.6 Å². The molecule has 0 spiro atoms. The van der Waals surface area contributed by atoms with E-state index < -0.39 is 0 Å². The molecule has 1 aromatic carbocycles. The van der Waals surface area contributed by atoms with Crippen molar-refractivity contribution in [3.05, 3.63) is 43.1 Å². The number of hydrogen-bond donors (Lipinski definition) is 1. The van der Waals surface area contributed by atoms with E-state index in [4.69, 9.17) is 17.0 Å². The molecular formula is C19H14BrNO3S3. The second kappa shape index (κ2) is 5.78. The second-order valence-electron chi connectivity index (χ2n) is 7.76. The SMILES string of the molecule is O=C1OC(=O)C2C3CC(C4Sc5[nH]c(=S)sc5C(c5cccc(Br)c5)C34)C12. The summed E-state index contributed by atoms with van der Waals surface area (Å²) in [5.41, 5.74) is 1.24. The number of hydrogen-bond acceptors (Lipinski definition) is 6. The molecule has 6 rings (SSSR count). The Labute approximate surface area is 177 Å². The average molecular weight is 480 g/mol. The molecule has 0 amide bonds. The lowest BCUT2D eigenvalue weighted by atomic mass is 9.68. The van der Waals surface area contributed by atoms with Crippen LogP contribution < -0.4 is 0 Å². The number of ether oxygens (including phenoxy) is 1. The van der Waals surface area contributed by atoms with Gasteiger partial charge in [0.2, 0.25) is 0 Å². The van der Waals surface area contributed by atoms with E-state index in [2.05, 4.69) is 39.1 Å². The minimum atomic E-state index is -0.306. The number of thioether (sulfide) groups is 1. The van der Waals surface area contributed by atoms with Gasteiger partial charge in [-0.25, -0.2) is 0 Å². The maximum atomic E-state index is 12.4. The lowest BCUT2D eigenvalue weighted by molar-refractivity contribution is -0.154. The Morgan fingerprint density at radius 3 is 2.74 bits per heavy atom. The van der Waals surface area contributed by atoms with E-state index in [0.29, 0.717) is 11.2 Å². The van der Waals surface area contributed by atoms with Gasteiger partial charge in [-0.05, 0) is 54.1 Å². The number of aromatic amines is 1. The van der Waals surface area contributed by atoms with Crippen LogP contribution in [0.1, 0.15) is 22.8 Å². The second-order valence-corrected chi connectivity index (χ2v) is 11.6. The fourth-order valence-electron chi connectivity index (χ4n) is 5.89. The van der Waals surface area contributed by atoms with Crippen LogP contribution in [0.15, 0.2) is 33.8 Å². The van der Waals surface area contributed by atoms with Gasteiger partial charge in [0.1, 0.15) is 0 Å². The summed E-state index contributed by atoms with van der Waals surface area (Å²) < 4.78 is 6.87. The maximum absolute atomic E-state index is 12.4. The van der Waals surface area contributed by atoms with Crippen LogP contribution in [0.3, 0.4) is 0 Å². The third-order valence-corrected chi connectivity index (χ3v) is 10.1. The van der Waals surface area contributed by atoms with Crippen LogP contribution in [0.2, 0.25) is 0 Å². The summed E-state index contributed by atoms with van der Waals surface area (Å²) in [6, 6.07) is 8.43. The third-order valence-electron chi connectivity index (χ3n) is 6.67. The lowest BCUT2D eigenvalue weighted by Crippen LogP contribution is -2.42. The van der Waals surface area contributed by atoms with Crippen LogP contribution in [0.25, 0.3) is 0 Å². The number of halogens is 1. The van der Waals surface area contributed by atoms with E-state index in [1.54, 1.807) is 11.3 Å². The normalized spacial score (nSPS) is 38.5. The molecule has 7 atom stereocenters. The number of H-pyrrole nitrogens is 1. The third kappa shape index (κ3) is 2.24. The van der Waals surface area contributed by atoms with Crippen molar-refractivity contribution in [2.75, 3.05) is 0 Å². The quantitative estimate of drug-likeness (QED) is 0.363. The molecule has 2 aliphatic carbocycles. The molecule has 2 saturated carbocycles. The molecule has 7 unspecified atom stereocenters. The summed E-state index contributed by atoms with van der Waals surface area (Å²) >= 11 is 12.5. The van der Waals surface area contributed by atoms with Crippen molar-refractivity contribution in [2.45, 2.75) is 22.6 Å². The lowest BCUT2D eigenvalue weighted by Gasteiger charge is -2.42. The van der Waals surface area contributed by atoms with Crippen LogP contribution >= 0.6 is 51.2 Å². The van der Waals surface area contributed by atoms with E-state index in [-0.39, 0.29) is 41.5 Å². The maximum Gasteiger partial charge on any atom is 0.317 e. The number of aromatic nitrogens is 1. The van der Waals surface area contributed by atoms with Crippen molar-refractivity contribution in [3.63, 3.8) is 0 Å². The van der Waals surface area contributed by atoms with Crippen molar-refractivity contribution in [1.29, 1.82) is 0 Å². The van der Waals surface area contributed by atoms with E-state index in [9.17, 15) is 9.59 Å². The summed E-state index contributed by atoms with van der Waals surface area (Å²) in [6.45, 7) is 0. The fraction of sp³-hybridized carbons (Fsp3) is 0.421. The van der Waals surface area contributed by atoms with Crippen molar-refractivity contribution in [1.82, 2.24) is 4.98 Å². The Morgan fingerprint density at radius 2 is 1.96 bits per heavy atom. The molecule has 2 aliphatic heterocycles. The fourth-order valence-corrected chi connectivity index (χ4v) is 9.64. The molecule has 1 aromatic heterocycles.